The van der Waals surface area contributed by atoms with Crippen LogP contribution in [0.15, 0.2) is 42.0 Å². The van der Waals surface area contributed by atoms with Crippen molar-refractivity contribution in [3.05, 3.63) is 47.5 Å². The van der Waals surface area contributed by atoms with Gasteiger partial charge in [0, 0.05) is 0 Å². The van der Waals surface area contributed by atoms with Crippen LogP contribution in [0.4, 0.5) is 0 Å². The van der Waals surface area contributed by atoms with E-state index in [1.807, 2.05) is 26.8 Å². The number of benzene rings is 1. The topological polar surface area (TPSA) is 26.3 Å². The molecular formula is C23H36O2. The van der Waals surface area contributed by atoms with E-state index < -0.39 is 5.41 Å². The molecule has 2 unspecified atom stereocenters. The summed E-state index contributed by atoms with van der Waals surface area (Å²) in [5.74, 6) is 0.379. The molecule has 0 spiro atoms. The van der Waals surface area contributed by atoms with Crippen molar-refractivity contribution in [1.29, 1.82) is 0 Å². The normalized spacial score (nSPS) is 14.9. The highest BCUT2D eigenvalue weighted by atomic mass is 16.5. The molecule has 0 fully saturated rings. The second-order valence-electron chi connectivity index (χ2n) is 7.93. The Morgan fingerprint density at radius 3 is 2.40 bits per heavy atom. The molecule has 0 bridgehead atoms. The van der Waals surface area contributed by atoms with Crippen molar-refractivity contribution in [3.8, 4) is 0 Å². The third-order valence-electron chi connectivity index (χ3n) is 5.06. The standard InChI is InChI=1S/C23H36O2/c1-7-18(2)12-11-13-20(4)25-22(24)23(5,6)17-16-19(3)21-14-9-8-10-15-21/h8-10,12,14-15,19-20H,7,11,13,16-17H2,1-6H3/b18-12-. The predicted octanol–water partition coefficient (Wildman–Crippen LogP) is 6.66. The quantitative estimate of drug-likeness (QED) is 0.350. The van der Waals surface area contributed by atoms with Gasteiger partial charge in [0.05, 0.1) is 11.5 Å². The molecule has 1 rings (SSSR count). The molecule has 0 heterocycles. The molecule has 0 saturated carbocycles. The van der Waals surface area contributed by atoms with Crippen molar-refractivity contribution in [2.45, 2.75) is 85.7 Å². The van der Waals surface area contributed by atoms with Crippen molar-refractivity contribution < 1.29 is 9.53 Å². The summed E-state index contributed by atoms with van der Waals surface area (Å²) < 4.78 is 5.70. The Morgan fingerprint density at radius 1 is 1.16 bits per heavy atom. The molecule has 0 aromatic heterocycles. The molecule has 0 aliphatic rings. The molecule has 0 amide bonds. The molecule has 2 heteroatoms. The van der Waals surface area contributed by atoms with Crippen LogP contribution in [0.5, 0.6) is 0 Å². The number of rotatable bonds is 10. The highest BCUT2D eigenvalue weighted by molar-refractivity contribution is 5.76. The first-order valence-electron chi connectivity index (χ1n) is 9.68. The van der Waals surface area contributed by atoms with Crippen LogP contribution >= 0.6 is 0 Å². The number of ether oxygens (including phenoxy) is 1. The fourth-order valence-electron chi connectivity index (χ4n) is 2.74. The number of esters is 1. The first-order valence-corrected chi connectivity index (χ1v) is 9.68. The number of allylic oxidation sites excluding steroid dienone is 2. The lowest BCUT2D eigenvalue weighted by Crippen LogP contribution is -2.30. The third-order valence-corrected chi connectivity index (χ3v) is 5.06. The summed E-state index contributed by atoms with van der Waals surface area (Å²) in [6.07, 6.45) is 6.98. The van der Waals surface area contributed by atoms with E-state index in [1.54, 1.807) is 0 Å². The van der Waals surface area contributed by atoms with Gasteiger partial charge < -0.3 is 4.74 Å². The maximum absolute atomic E-state index is 12.5. The highest BCUT2D eigenvalue weighted by Crippen LogP contribution is 2.30. The zero-order valence-corrected chi connectivity index (χ0v) is 17.0. The summed E-state index contributed by atoms with van der Waals surface area (Å²) >= 11 is 0. The molecule has 0 N–H and O–H groups in total. The first-order chi connectivity index (χ1) is 11.8. The van der Waals surface area contributed by atoms with Gasteiger partial charge in [0.15, 0.2) is 0 Å². The SMILES string of the molecule is CC/C(C)=C\CCC(C)OC(=O)C(C)(C)CCC(C)c1ccccc1. The van der Waals surface area contributed by atoms with E-state index in [-0.39, 0.29) is 12.1 Å². The largest absolute Gasteiger partial charge is 0.462 e. The Morgan fingerprint density at radius 2 is 1.80 bits per heavy atom. The molecule has 0 aliphatic carbocycles. The number of carbonyl (C=O) groups is 1. The average Bonchev–Trinajstić information content (AvgIpc) is 2.60. The summed E-state index contributed by atoms with van der Waals surface area (Å²) in [5, 5.41) is 0. The van der Waals surface area contributed by atoms with Crippen molar-refractivity contribution in [2.75, 3.05) is 0 Å². The zero-order chi connectivity index (χ0) is 18.9. The minimum Gasteiger partial charge on any atom is -0.462 e. The van der Waals surface area contributed by atoms with Crippen LogP contribution in [0.2, 0.25) is 0 Å². The summed E-state index contributed by atoms with van der Waals surface area (Å²) in [6, 6.07) is 10.5. The maximum atomic E-state index is 12.5. The van der Waals surface area contributed by atoms with Gasteiger partial charge in [0.2, 0.25) is 0 Å². The molecule has 140 valence electrons. The van der Waals surface area contributed by atoms with Crippen molar-refractivity contribution >= 4 is 5.97 Å². The van der Waals surface area contributed by atoms with Crippen LogP contribution in [0, 0.1) is 5.41 Å². The molecule has 1 aromatic rings. The Kier molecular flexibility index (Phi) is 8.96. The minimum absolute atomic E-state index is 0.0285. The molecule has 2 nitrogen and oxygen atoms in total. The summed E-state index contributed by atoms with van der Waals surface area (Å²) in [4.78, 5) is 12.5. The molecule has 1 aromatic carbocycles. The lowest BCUT2D eigenvalue weighted by molar-refractivity contribution is -0.159. The van der Waals surface area contributed by atoms with Gasteiger partial charge >= 0.3 is 5.97 Å². The van der Waals surface area contributed by atoms with Gasteiger partial charge in [-0.25, -0.2) is 0 Å². The van der Waals surface area contributed by atoms with Gasteiger partial charge in [-0.2, -0.15) is 0 Å². The van der Waals surface area contributed by atoms with Crippen LogP contribution in [0.1, 0.15) is 85.1 Å². The monoisotopic (exact) mass is 344 g/mol. The van der Waals surface area contributed by atoms with E-state index in [4.69, 9.17) is 4.74 Å². The van der Waals surface area contributed by atoms with E-state index in [0.717, 1.165) is 32.1 Å². The lowest BCUT2D eigenvalue weighted by Gasteiger charge is -2.26. The second kappa shape index (κ2) is 10.4. The predicted molar refractivity (Wildman–Crippen MR) is 107 cm³/mol. The lowest BCUT2D eigenvalue weighted by atomic mass is 9.83. The van der Waals surface area contributed by atoms with Crippen LogP contribution in [0.25, 0.3) is 0 Å². The Labute approximate surface area is 154 Å². The minimum atomic E-state index is -0.438. The van der Waals surface area contributed by atoms with Gasteiger partial charge in [-0.3, -0.25) is 4.79 Å². The summed E-state index contributed by atoms with van der Waals surface area (Å²) in [6.45, 7) is 12.5. The van der Waals surface area contributed by atoms with E-state index in [9.17, 15) is 4.79 Å². The zero-order valence-electron chi connectivity index (χ0n) is 17.0. The fourth-order valence-corrected chi connectivity index (χ4v) is 2.74. The smallest absolute Gasteiger partial charge is 0.311 e. The third kappa shape index (κ3) is 7.90. The van der Waals surface area contributed by atoms with Gasteiger partial charge in [0.25, 0.3) is 0 Å². The molecule has 25 heavy (non-hydrogen) atoms. The van der Waals surface area contributed by atoms with Gasteiger partial charge in [-0.1, -0.05) is 55.8 Å². The molecule has 0 aliphatic heterocycles. The Bertz CT molecular complexity index is 542. The first kappa shape index (κ1) is 21.5. The summed E-state index contributed by atoms with van der Waals surface area (Å²) in [7, 11) is 0. The summed E-state index contributed by atoms with van der Waals surface area (Å²) in [5.41, 5.74) is 2.29. The highest BCUT2D eigenvalue weighted by Gasteiger charge is 2.30. The van der Waals surface area contributed by atoms with E-state index >= 15 is 0 Å². The van der Waals surface area contributed by atoms with Crippen LogP contribution in [-0.4, -0.2) is 12.1 Å². The number of carbonyl (C=O) groups excluding carboxylic acids is 1. The van der Waals surface area contributed by atoms with Crippen LogP contribution in [-0.2, 0) is 9.53 Å². The Hall–Kier alpha value is -1.57. The average molecular weight is 345 g/mol. The molecule has 0 saturated heterocycles. The van der Waals surface area contributed by atoms with Crippen LogP contribution in [0.3, 0.4) is 0 Å². The van der Waals surface area contributed by atoms with Crippen molar-refractivity contribution in [1.82, 2.24) is 0 Å². The number of hydrogen-bond acceptors (Lipinski definition) is 2. The molecule has 2 atom stereocenters. The molecule has 0 radical (unpaired) electrons. The fraction of sp³-hybridized carbons (Fsp3) is 0.609. The van der Waals surface area contributed by atoms with Crippen LogP contribution < -0.4 is 0 Å². The van der Waals surface area contributed by atoms with E-state index in [2.05, 4.69) is 51.1 Å². The van der Waals surface area contributed by atoms with Crippen molar-refractivity contribution in [3.63, 3.8) is 0 Å². The van der Waals surface area contributed by atoms with Gasteiger partial charge in [0.1, 0.15) is 0 Å². The van der Waals surface area contributed by atoms with Gasteiger partial charge in [-0.05, 0) is 71.3 Å². The van der Waals surface area contributed by atoms with Crippen molar-refractivity contribution in [2.24, 2.45) is 5.41 Å². The van der Waals surface area contributed by atoms with E-state index in [0.29, 0.717) is 5.92 Å². The number of hydrogen-bond donors (Lipinski definition) is 0. The van der Waals surface area contributed by atoms with Gasteiger partial charge in [-0.15, -0.1) is 0 Å². The Balaban J connectivity index is 2.44. The maximum Gasteiger partial charge on any atom is 0.311 e. The van der Waals surface area contributed by atoms with E-state index in [1.165, 1.54) is 11.1 Å². The second-order valence-corrected chi connectivity index (χ2v) is 7.93. The molecular weight excluding hydrogens is 308 g/mol.